The molecular formula is C19H19NO4S. The first kappa shape index (κ1) is 17.2. The molecule has 0 unspecified atom stereocenters. The van der Waals surface area contributed by atoms with Gasteiger partial charge in [-0.2, -0.15) is 0 Å². The van der Waals surface area contributed by atoms with Crippen molar-refractivity contribution in [2.45, 2.75) is 12.5 Å². The van der Waals surface area contributed by atoms with Crippen molar-refractivity contribution < 1.29 is 19.4 Å². The van der Waals surface area contributed by atoms with Crippen LogP contribution in [-0.4, -0.2) is 30.5 Å². The van der Waals surface area contributed by atoms with Gasteiger partial charge in [0.1, 0.15) is 17.2 Å². The maximum atomic E-state index is 12.3. The zero-order valence-corrected chi connectivity index (χ0v) is 14.8. The van der Waals surface area contributed by atoms with Crippen molar-refractivity contribution in [3.8, 4) is 17.2 Å². The quantitative estimate of drug-likeness (QED) is 0.857. The standard InChI is InChI=1S/C19H19NO4S/c1-23-14-7-8-15(18(10-14)24-2)17-11-25-19(22)16(20-17)9-12-3-5-13(21)6-4-12/h3-8,10-11,16,20-21H,9H2,1-2H3/t16-/m0/s1. The molecule has 1 aliphatic heterocycles. The molecule has 2 N–H and O–H groups in total. The molecule has 25 heavy (non-hydrogen) atoms. The summed E-state index contributed by atoms with van der Waals surface area (Å²) in [6.45, 7) is 0. The zero-order chi connectivity index (χ0) is 17.8. The Kier molecular flexibility index (Phi) is 5.19. The lowest BCUT2D eigenvalue weighted by Crippen LogP contribution is -2.38. The molecule has 0 saturated carbocycles. The number of benzene rings is 2. The average Bonchev–Trinajstić information content (AvgIpc) is 2.65. The highest BCUT2D eigenvalue weighted by atomic mass is 32.2. The minimum absolute atomic E-state index is 0.0595. The lowest BCUT2D eigenvalue weighted by Gasteiger charge is -2.25. The molecule has 0 aliphatic carbocycles. The van der Waals surface area contributed by atoms with Crippen LogP contribution < -0.4 is 14.8 Å². The van der Waals surface area contributed by atoms with E-state index in [-0.39, 0.29) is 16.9 Å². The predicted molar refractivity (Wildman–Crippen MR) is 98.9 cm³/mol. The zero-order valence-electron chi connectivity index (χ0n) is 14.0. The Morgan fingerprint density at radius 2 is 1.88 bits per heavy atom. The second-order valence-electron chi connectivity index (χ2n) is 5.60. The number of thioether (sulfide) groups is 1. The molecule has 130 valence electrons. The van der Waals surface area contributed by atoms with E-state index in [4.69, 9.17) is 9.47 Å². The van der Waals surface area contributed by atoms with Crippen molar-refractivity contribution in [2.24, 2.45) is 0 Å². The highest BCUT2D eigenvalue weighted by Gasteiger charge is 2.25. The molecule has 1 atom stereocenters. The van der Waals surface area contributed by atoms with Crippen molar-refractivity contribution in [1.29, 1.82) is 0 Å². The Bertz CT molecular complexity index is 802. The Labute approximate surface area is 150 Å². The molecule has 2 aromatic rings. The van der Waals surface area contributed by atoms with Gasteiger partial charge in [0.05, 0.1) is 26.0 Å². The summed E-state index contributed by atoms with van der Waals surface area (Å²) in [5.41, 5.74) is 2.69. The fourth-order valence-corrected chi connectivity index (χ4v) is 3.38. The van der Waals surface area contributed by atoms with E-state index in [0.29, 0.717) is 17.9 Å². The molecule has 6 heteroatoms. The molecule has 0 radical (unpaired) electrons. The van der Waals surface area contributed by atoms with Crippen molar-refractivity contribution in [2.75, 3.05) is 14.2 Å². The van der Waals surface area contributed by atoms with E-state index in [1.807, 2.05) is 30.3 Å². The summed E-state index contributed by atoms with van der Waals surface area (Å²) in [4.78, 5) is 12.3. The summed E-state index contributed by atoms with van der Waals surface area (Å²) in [5, 5.41) is 14.6. The Morgan fingerprint density at radius 1 is 1.12 bits per heavy atom. The molecule has 0 aromatic heterocycles. The molecular weight excluding hydrogens is 338 g/mol. The topological polar surface area (TPSA) is 67.8 Å². The van der Waals surface area contributed by atoms with Crippen LogP contribution in [0.4, 0.5) is 0 Å². The molecule has 1 heterocycles. The number of phenolic OH excluding ortho intramolecular Hbond substituents is 1. The highest BCUT2D eigenvalue weighted by Crippen LogP contribution is 2.33. The van der Waals surface area contributed by atoms with Gasteiger partial charge in [-0.1, -0.05) is 23.9 Å². The van der Waals surface area contributed by atoms with Gasteiger partial charge in [0, 0.05) is 23.5 Å². The van der Waals surface area contributed by atoms with E-state index >= 15 is 0 Å². The maximum Gasteiger partial charge on any atom is 0.215 e. The minimum atomic E-state index is -0.346. The fourth-order valence-electron chi connectivity index (χ4n) is 2.64. The average molecular weight is 357 g/mol. The van der Waals surface area contributed by atoms with Crippen LogP contribution in [-0.2, 0) is 11.2 Å². The molecule has 1 aliphatic rings. The molecule has 5 nitrogen and oxygen atoms in total. The molecule has 0 fully saturated rings. The van der Waals surface area contributed by atoms with Crippen molar-refractivity contribution in [1.82, 2.24) is 5.32 Å². The minimum Gasteiger partial charge on any atom is -0.508 e. The number of hydrogen-bond donors (Lipinski definition) is 2. The summed E-state index contributed by atoms with van der Waals surface area (Å²) >= 11 is 1.18. The van der Waals surface area contributed by atoms with E-state index in [1.165, 1.54) is 11.8 Å². The third-order valence-corrected chi connectivity index (χ3v) is 4.85. The number of aromatic hydroxyl groups is 1. The fraction of sp³-hybridized carbons (Fsp3) is 0.211. The van der Waals surface area contributed by atoms with Crippen LogP contribution in [0.15, 0.2) is 47.9 Å². The third kappa shape index (κ3) is 3.91. The van der Waals surface area contributed by atoms with E-state index in [1.54, 1.807) is 31.8 Å². The van der Waals surface area contributed by atoms with Crippen molar-refractivity contribution >= 4 is 22.6 Å². The van der Waals surface area contributed by atoms with Gasteiger partial charge in [-0.3, -0.25) is 4.79 Å². The van der Waals surface area contributed by atoms with Gasteiger partial charge in [-0.15, -0.1) is 0 Å². The van der Waals surface area contributed by atoms with Gasteiger partial charge in [0.2, 0.25) is 5.12 Å². The number of methoxy groups -OCH3 is 2. The first-order valence-electron chi connectivity index (χ1n) is 7.78. The van der Waals surface area contributed by atoms with Crippen LogP contribution in [0.25, 0.3) is 5.70 Å². The van der Waals surface area contributed by atoms with Crippen LogP contribution in [0.1, 0.15) is 11.1 Å². The molecule has 0 spiro atoms. The lowest BCUT2D eigenvalue weighted by molar-refractivity contribution is -0.112. The molecule has 0 bridgehead atoms. The number of rotatable bonds is 5. The predicted octanol–water partition coefficient (Wildman–Crippen LogP) is 3.18. The Balaban J connectivity index is 1.82. The Hall–Kier alpha value is -2.60. The molecule has 0 amide bonds. The van der Waals surface area contributed by atoms with Crippen molar-refractivity contribution in [3.05, 3.63) is 59.0 Å². The van der Waals surface area contributed by atoms with Crippen LogP contribution in [0.3, 0.4) is 0 Å². The van der Waals surface area contributed by atoms with Crippen LogP contribution >= 0.6 is 11.8 Å². The maximum absolute atomic E-state index is 12.3. The van der Waals surface area contributed by atoms with E-state index in [2.05, 4.69) is 5.32 Å². The summed E-state index contributed by atoms with van der Waals surface area (Å²) in [5.74, 6) is 1.60. The van der Waals surface area contributed by atoms with Gasteiger partial charge in [0.15, 0.2) is 0 Å². The number of ether oxygens (including phenoxy) is 2. The molecule has 0 saturated heterocycles. The largest absolute Gasteiger partial charge is 0.508 e. The highest BCUT2D eigenvalue weighted by molar-refractivity contribution is 8.16. The van der Waals surface area contributed by atoms with Gasteiger partial charge in [-0.05, 0) is 29.8 Å². The van der Waals surface area contributed by atoms with Crippen LogP contribution in [0, 0.1) is 0 Å². The summed E-state index contributed by atoms with van der Waals surface area (Å²) in [7, 11) is 3.21. The second-order valence-corrected chi connectivity index (χ2v) is 6.48. The first-order chi connectivity index (χ1) is 12.1. The number of carbonyl (C=O) groups excluding carboxylic acids is 1. The van der Waals surface area contributed by atoms with Gasteiger partial charge in [0.25, 0.3) is 0 Å². The van der Waals surface area contributed by atoms with E-state index in [0.717, 1.165) is 16.8 Å². The number of nitrogens with one attached hydrogen (secondary N) is 1. The summed E-state index contributed by atoms with van der Waals surface area (Å²) in [6.07, 6.45) is 0.544. The SMILES string of the molecule is COc1ccc(C2=CSC(=O)[C@H](Cc3ccc(O)cc3)N2)c(OC)c1. The number of carbonyl (C=O) groups is 1. The Morgan fingerprint density at radius 3 is 2.56 bits per heavy atom. The van der Waals surface area contributed by atoms with Crippen molar-refractivity contribution in [3.63, 3.8) is 0 Å². The second kappa shape index (κ2) is 7.53. The van der Waals surface area contributed by atoms with Gasteiger partial charge in [-0.25, -0.2) is 0 Å². The first-order valence-corrected chi connectivity index (χ1v) is 8.66. The van der Waals surface area contributed by atoms with Gasteiger partial charge < -0.3 is 19.9 Å². The van der Waals surface area contributed by atoms with Crippen LogP contribution in [0.2, 0.25) is 0 Å². The number of phenols is 1. The smallest absolute Gasteiger partial charge is 0.215 e. The molecule has 3 rings (SSSR count). The summed E-state index contributed by atoms with van der Waals surface area (Å²) < 4.78 is 10.7. The van der Waals surface area contributed by atoms with E-state index in [9.17, 15) is 9.90 Å². The van der Waals surface area contributed by atoms with Crippen LogP contribution in [0.5, 0.6) is 17.2 Å². The third-order valence-electron chi connectivity index (χ3n) is 3.98. The molecule has 2 aromatic carbocycles. The summed E-state index contributed by atoms with van der Waals surface area (Å²) in [6, 6.07) is 12.1. The number of hydrogen-bond acceptors (Lipinski definition) is 6. The van der Waals surface area contributed by atoms with E-state index < -0.39 is 0 Å². The normalized spacial score (nSPS) is 16.8. The van der Waals surface area contributed by atoms with Gasteiger partial charge >= 0.3 is 0 Å². The monoisotopic (exact) mass is 357 g/mol. The lowest BCUT2D eigenvalue weighted by atomic mass is 10.0.